The maximum Gasteiger partial charge on any atom is 0.267 e. The third-order valence-corrected chi connectivity index (χ3v) is 5.90. The smallest absolute Gasteiger partial charge is 0.267 e. The molecule has 1 aromatic heterocycles. The summed E-state index contributed by atoms with van der Waals surface area (Å²) in [5, 5.41) is 4.83. The van der Waals surface area contributed by atoms with Crippen LogP contribution in [0.1, 0.15) is 15.2 Å². The first-order chi connectivity index (χ1) is 14.2. The van der Waals surface area contributed by atoms with Crippen LogP contribution in [0.4, 0.5) is 0 Å². The molecule has 0 atom stereocenters. The van der Waals surface area contributed by atoms with E-state index in [-0.39, 0.29) is 5.91 Å². The van der Waals surface area contributed by atoms with E-state index in [1.54, 1.807) is 12.1 Å². The van der Waals surface area contributed by atoms with Gasteiger partial charge in [-0.3, -0.25) is 9.69 Å². The van der Waals surface area contributed by atoms with Crippen LogP contribution in [0.2, 0.25) is 5.02 Å². The predicted octanol–water partition coefficient (Wildman–Crippen LogP) is 4.33. The minimum atomic E-state index is 0.00410. The van der Waals surface area contributed by atoms with Crippen molar-refractivity contribution >= 4 is 35.1 Å². The number of halogens is 1. The summed E-state index contributed by atoms with van der Waals surface area (Å²) in [6, 6.07) is 17.6. The van der Waals surface area contributed by atoms with Crippen molar-refractivity contribution < 1.29 is 4.79 Å². The molecule has 0 radical (unpaired) electrons. The van der Waals surface area contributed by atoms with E-state index in [2.05, 4.69) is 38.8 Å². The first-order valence-corrected chi connectivity index (χ1v) is 10.7. The Morgan fingerprint density at radius 1 is 1.03 bits per heavy atom. The predicted molar refractivity (Wildman–Crippen MR) is 118 cm³/mol. The lowest BCUT2D eigenvalue weighted by atomic mass is 10.1. The molecule has 1 aliphatic heterocycles. The standard InChI is InChI=1S/C22H21ClN4OS/c23-19-10-8-18(9-11-19)20-21(29-25-24-20)22(28)27-15-13-26(14-16-27)12-4-7-17-5-2-1-3-6-17/h1-11H,12-16H2/b7-4+. The molecule has 0 unspecified atom stereocenters. The van der Waals surface area contributed by atoms with Gasteiger partial charge >= 0.3 is 0 Å². The van der Waals surface area contributed by atoms with Crippen molar-refractivity contribution in [2.75, 3.05) is 32.7 Å². The SMILES string of the molecule is O=C(c1snnc1-c1ccc(Cl)cc1)N1CCN(C/C=C/c2ccccc2)CC1. The van der Waals surface area contributed by atoms with Gasteiger partial charge in [0.05, 0.1) is 0 Å². The molecule has 0 spiro atoms. The van der Waals surface area contributed by atoms with Crippen LogP contribution in [0.5, 0.6) is 0 Å². The van der Waals surface area contributed by atoms with Gasteiger partial charge in [0.1, 0.15) is 10.6 Å². The average molecular weight is 425 g/mol. The molecule has 0 saturated carbocycles. The topological polar surface area (TPSA) is 49.3 Å². The molecule has 0 bridgehead atoms. The number of rotatable bonds is 5. The normalized spacial score (nSPS) is 15.1. The Labute approximate surface area is 179 Å². The molecule has 2 aromatic carbocycles. The molecule has 4 rings (SSSR count). The van der Waals surface area contributed by atoms with Gasteiger partial charge < -0.3 is 4.90 Å². The van der Waals surface area contributed by atoms with Gasteiger partial charge in [0, 0.05) is 43.3 Å². The lowest BCUT2D eigenvalue weighted by Gasteiger charge is -2.33. The molecule has 5 nitrogen and oxygen atoms in total. The largest absolute Gasteiger partial charge is 0.335 e. The summed E-state index contributed by atoms with van der Waals surface area (Å²) < 4.78 is 4.01. The zero-order valence-electron chi connectivity index (χ0n) is 15.9. The van der Waals surface area contributed by atoms with E-state index < -0.39 is 0 Å². The molecule has 1 amide bonds. The third kappa shape index (κ3) is 4.90. The summed E-state index contributed by atoms with van der Waals surface area (Å²) in [5.41, 5.74) is 2.69. The van der Waals surface area contributed by atoms with Crippen molar-refractivity contribution in [3.05, 3.63) is 76.1 Å². The first kappa shape index (κ1) is 19.8. The highest BCUT2D eigenvalue weighted by Gasteiger charge is 2.26. The van der Waals surface area contributed by atoms with Crippen LogP contribution in [-0.4, -0.2) is 58.0 Å². The number of hydrogen-bond acceptors (Lipinski definition) is 5. The fourth-order valence-corrected chi connectivity index (χ4v) is 4.09. The number of aromatic nitrogens is 2. The average Bonchev–Trinajstić information content (AvgIpc) is 3.25. The summed E-state index contributed by atoms with van der Waals surface area (Å²) in [5.74, 6) is 0.00410. The second-order valence-corrected chi connectivity index (χ2v) is 8.05. The fourth-order valence-electron chi connectivity index (χ4n) is 3.31. The van der Waals surface area contributed by atoms with E-state index in [0.29, 0.717) is 28.7 Å². The molecule has 1 fully saturated rings. The first-order valence-electron chi connectivity index (χ1n) is 9.52. The third-order valence-electron chi connectivity index (χ3n) is 4.93. The number of benzene rings is 2. The highest BCUT2D eigenvalue weighted by atomic mass is 35.5. The van der Waals surface area contributed by atoms with Gasteiger partial charge in [-0.15, -0.1) is 5.10 Å². The van der Waals surface area contributed by atoms with E-state index in [1.807, 2.05) is 35.2 Å². The van der Waals surface area contributed by atoms with E-state index in [4.69, 9.17) is 11.6 Å². The number of carbonyl (C=O) groups is 1. The van der Waals surface area contributed by atoms with E-state index in [1.165, 1.54) is 5.56 Å². The molecule has 7 heteroatoms. The van der Waals surface area contributed by atoms with Crippen LogP contribution in [0, 0.1) is 0 Å². The highest BCUT2D eigenvalue weighted by molar-refractivity contribution is 7.08. The second kappa shape index (κ2) is 9.31. The molecule has 3 aromatic rings. The molecule has 1 aliphatic rings. The van der Waals surface area contributed by atoms with Crippen LogP contribution >= 0.6 is 23.1 Å². The highest BCUT2D eigenvalue weighted by Crippen LogP contribution is 2.26. The Morgan fingerprint density at radius 2 is 1.76 bits per heavy atom. The fraction of sp³-hybridized carbons (Fsp3) is 0.227. The van der Waals surface area contributed by atoms with E-state index >= 15 is 0 Å². The van der Waals surface area contributed by atoms with Crippen molar-refractivity contribution in [1.82, 2.24) is 19.4 Å². The van der Waals surface area contributed by atoms with Crippen molar-refractivity contribution in [1.29, 1.82) is 0 Å². The minimum Gasteiger partial charge on any atom is -0.335 e. The minimum absolute atomic E-state index is 0.00410. The molecule has 148 valence electrons. The van der Waals surface area contributed by atoms with Crippen LogP contribution in [-0.2, 0) is 0 Å². The van der Waals surface area contributed by atoms with Crippen molar-refractivity contribution in [2.24, 2.45) is 0 Å². The maximum absolute atomic E-state index is 13.0. The lowest BCUT2D eigenvalue weighted by molar-refractivity contribution is 0.0655. The Hall–Kier alpha value is -2.54. The summed E-state index contributed by atoms with van der Waals surface area (Å²) in [6.07, 6.45) is 4.32. The molecule has 1 saturated heterocycles. The number of carbonyl (C=O) groups excluding carboxylic acids is 1. The van der Waals surface area contributed by atoms with Crippen molar-refractivity contribution in [3.63, 3.8) is 0 Å². The quantitative estimate of drug-likeness (QED) is 0.611. The molecule has 2 heterocycles. The maximum atomic E-state index is 13.0. The molecular weight excluding hydrogens is 404 g/mol. The van der Waals surface area contributed by atoms with Gasteiger partial charge in [-0.25, -0.2) is 0 Å². The Morgan fingerprint density at radius 3 is 2.48 bits per heavy atom. The lowest BCUT2D eigenvalue weighted by Crippen LogP contribution is -2.48. The van der Waals surface area contributed by atoms with Gasteiger partial charge in [0.2, 0.25) is 0 Å². The second-order valence-electron chi connectivity index (χ2n) is 6.86. The van der Waals surface area contributed by atoms with Crippen LogP contribution in [0.3, 0.4) is 0 Å². The zero-order chi connectivity index (χ0) is 20.1. The molecule has 29 heavy (non-hydrogen) atoms. The van der Waals surface area contributed by atoms with E-state index in [0.717, 1.165) is 36.7 Å². The van der Waals surface area contributed by atoms with Crippen LogP contribution in [0.25, 0.3) is 17.3 Å². The number of piperazine rings is 1. The molecule has 0 aliphatic carbocycles. The number of amides is 1. The Kier molecular flexibility index (Phi) is 6.34. The van der Waals surface area contributed by atoms with Gasteiger partial charge in [-0.05, 0) is 29.2 Å². The summed E-state index contributed by atoms with van der Waals surface area (Å²) in [4.78, 5) is 17.9. The van der Waals surface area contributed by atoms with Crippen LogP contribution < -0.4 is 0 Å². The van der Waals surface area contributed by atoms with E-state index in [9.17, 15) is 4.79 Å². The van der Waals surface area contributed by atoms with Gasteiger partial charge in [0.15, 0.2) is 0 Å². The van der Waals surface area contributed by atoms with Crippen LogP contribution in [0.15, 0.2) is 60.7 Å². The number of hydrogen-bond donors (Lipinski definition) is 0. The van der Waals surface area contributed by atoms with Gasteiger partial charge in [-0.1, -0.05) is 70.7 Å². The molecule has 0 N–H and O–H groups in total. The van der Waals surface area contributed by atoms with Gasteiger partial charge in [0.25, 0.3) is 5.91 Å². The monoisotopic (exact) mass is 424 g/mol. The van der Waals surface area contributed by atoms with Crippen molar-refractivity contribution in [3.8, 4) is 11.3 Å². The number of nitrogens with zero attached hydrogens (tertiary/aromatic N) is 4. The Balaban J connectivity index is 1.34. The zero-order valence-corrected chi connectivity index (χ0v) is 17.4. The van der Waals surface area contributed by atoms with Gasteiger partial charge in [-0.2, -0.15) is 0 Å². The van der Waals surface area contributed by atoms with Crippen molar-refractivity contribution in [2.45, 2.75) is 0 Å². The summed E-state index contributed by atoms with van der Waals surface area (Å²) in [7, 11) is 0. The molecular formula is C22H21ClN4OS. The summed E-state index contributed by atoms with van der Waals surface area (Å²) >= 11 is 7.12. The summed E-state index contributed by atoms with van der Waals surface area (Å²) in [6.45, 7) is 4.00. The Bertz CT molecular complexity index is 980.